The van der Waals surface area contributed by atoms with E-state index < -0.39 is 5.97 Å². The number of rotatable bonds is 7. The molecule has 172 valence electrons. The van der Waals surface area contributed by atoms with E-state index >= 15 is 0 Å². The van der Waals surface area contributed by atoms with Crippen molar-refractivity contribution in [3.63, 3.8) is 0 Å². The highest BCUT2D eigenvalue weighted by Gasteiger charge is 2.19. The van der Waals surface area contributed by atoms with Gasteiger partial charge in [0.15, 0.2) is 5.69 Å². The minimum absolute atomic E-state index is 0.0247. The van der Waals surface area contributed by atoms with Crippen molar-refractivity contribution in [3.05, 3.63) is 131 Å². The second-order valence-corrected chi connectivity index (χ2v) is 7.82. The molecule has 5 rings (SSSR count). The standard InChI is InChI=1S/C28H21N3O4/c32-27-24-14-6-5-13-23(24)26(30-31(27)18-20-9-2-1-3-10-20)28(33)34-19-21-11-4-7-15-25(21)35-22-12-8-16-29-17-22/h1-17H,18-19H2. The molecule has 0 aliphatic heterocycles. The second kappa shape index (κ2) is 10.0. The predicted octanol–water partition coefficient (Wildman–Crippen LogP) is 4.99. The van der Waals surface area contributed by atoms with Gasteiger partial charge in [0.1, 0.15) is 18.1 Å². The van der Waals surface area contributed by atoms with Gasteiger partial charge in [-0.25, -0.2) is 9.48 Å². The van der Waals surface area contributed by atoms with Crippen molar-refractivity contribution in [1.82, 2.24) is 14.8 Å². The van der Waals surface area contributed by atoms with Crippen LogP contribution in [0.25, 0.3) is 10.8 Å². The summed E-state index contributed by atoms with van der Waals surface area (Å²) >= 11 is 0. The molecule has 0 bridgehead atoms. The number of hydrogen-bond donors (Lipinski definition) is 0. The number of carbonyl (C=O) groups excluding carboxylic acids is 1. The van der Waals surface area contributed by atoms with E-state index in [2.05, 4.69) is 10.1 Å². The van der Waals surface area contributed by atoms with Crippen molar-refractivity contribution in [1.29, 1.82) is 0 Å². The number of benzene rings is 3. The molecule has 35 heavy (non-hydrogen) atoms. The van der Waals surface area contributed by atoms with Crippen molar-refractivity contribution in [3.8, 4) is 11.5 Å². The van der Waals surface area contributed by atoms with E-state index in [1.54, 1.807) is 54.9 Å². The van der Waals surface area contributed by atoms with Crippen molar-refractivity contribution in [2.75, 3.05) is 0 Å². The summed E-state index contributed by atoms with van der Waals surface area (Å²) < 4.78 is 12.8. The van der Waals surface area contributed by atoms with E-state index in [4.69, 9.17) is 9.47 Å². The largest absolute Gasteiger partial charge is 0.456 e. The van der Waals surface area contributed by atoms with Crippen LogP contribution in [0.5, 0.6) is 11.5 Å². The van der Waals surface area contributed by atoms with Crippen molar-refractivity contribution in [2.24, 2.45) is 0 Å². The van der Waals surface area contributed by atoms with Crippen LogP contribution in [0.3, 0.4) is 0 Å². The maximum Gasteiger partial charge on any atom is 0.359 e. The van der Waals surface area contributed by atoms with Gasteiger partial charge in [0, 0.05) is 17.1 Å². The first-order valence-corrected chi connectivity index (χ1v) is 11.1. The third-order valence-corrected chi connectivity index (χ3v) is 5.43. The van der Waals surface area contributed by atoms with Gasteiger partial charge in [0.2, 0.25) is 0 Å². The topological polar surface area (TPSA) is 83.3 Å². The summed E-state index contributed by atoms with van der Waals surface area (Å²) in [6, 6.07) is 27.3. The number of nitrogens with zero attached hydrogens (tertiary/aromatic N) is 3. The van der Waals surface area contributed by atoms with E-state index in [1.807, 2.05) is 48.5 Å². The summed E-state index contributed by atoms with van der Waals surface area (Å²) in [5.74, 6) is 0.506. The van der Waals surface area contributed by atoms with E-state index in [-0.39, 0.29) is 24.4 Å². The number of pyridine rings is 1. The number of hydrogen-bond acceptors (Lipinski definition) is 6. The molecule has 2 heterocycles. The molecule has 7 nitrogen and oxygen atoms in total. The van der Waals surface area contributed by atoms with Gasteiger partial charge in [-0.3, -0.25) is 9.78 Å². The summed E-state index contributed by atoms with van der Waals surface area (Å²) in [7, 11) is 0. The van der Waals surface area contributed by atoms with Gasteiger partial charge < -0.3 is 9.47 Å². The average molecular weight is 463 g/mol. The monoisotopic (exact) mass is 463 g/mol. The van der Waals surface area contributed by atoms with Gasteiger partial charge in [0.05, 0.1) is 18.1 Å². The maximum atomic E-state index is 13.2. The number of esters is 1. The molecule has 0 saturated heterocycles. The second-order valence-electron chi connectivity index (χ2n) is 7.82. The maximum absolute atomic E-state index is 13.2. The minimum atomic E-state index is -0.626. The van der Waals surface area contributed by atoms with E-state index in [0.717, 1.165) is 5.56 Å². The Hall–Kier alpha value is -4.78. The van der Waals surface area contributed by atoms with Gasteiger partial charge in [-0.15, -0.1) is 0 Å². The van der Waals surface area contributed by atoms with Crippen molar-refractivity contribution >= 4 is 16.7 Å². The molecular formula is C28H21N3O4. The summed E-state index contributed by atoms with van der Waals surface area (Å²) in [4.78, 5) is 30.3. The van der Waals surface area contributed by atoms with Crippen LogP contribution in [0.1, 0.15) is 21.6 Å². The Balaban J connectivity index is 1.43. The fourth-order valence-electron chi connectivity index (χ4n) is 3.72. The predicted molar refractivity (Wildman–Crippen MR) is 131 cm³/mol. The highest BCUT2D eigenvalue weighted by atomic mass is 16.5. The van der Waals surface area contributed by atoms with Gasteiger partial charge in [0.25, 0.3) is 5.56 Å². The van der Waals surface area contributed by atoms with E-state index in [1.165, 1.54) is 4.68 Å². The fourth-order valence-corrected chi connectivity index (χ4v) is 3.72. The molecule has 0 N–H and O–H groups in total. The Kier molecular flexibility index (Phi) is 6.30. The third kappa shape index (κ3) is 4.94. The Morgan fingerprint density at radius 2 is 1.57 bits per heavy atom. The first-order valence-electron chi connectivity index (χ1n) is 11.1. The summed E-state index contributed by atoms with van der Waals surface area (Å²) in [5, 5.41) is 5.25. The van der Waals surface area contributed by atoms with Crippen LogP contribution in [0.4, 0.5) is 0 Å². The lowest BCUT2D eigenvalue weighted by molar-refractivity contribution is 0.0463. The average Bonchev–Trinajstić information content (AvgIpc) is 2.91. The number of para-hydroxylation sites is 1. The molecule has 0 saturated carbocycles. The highest BCUT2D eigenvalue weighted by Crippen LogP contribution is 2.25. The number of fused-ring (bicyclic) bond motifs is 1. The zero-order valence-electron chi connectivity index (χ0n) is 18.7. The van der Waals surface area contributed by atoms with Crippen molar-refractivity contribution in [2.45, 2.75) is 13.2 Å². The lowest BCUT2D eigenvalue weighted by atomic mass is 10.1. The van der Waals surface area contributed by atoms with Crippen LogP contribution in [-0.4, -0.2) is 20.7 Å². The molecule has 0 unspecified atom stereocenters. The fraction of sp³-hybridized carbons (Fsp3) is 0.0714. The summed E-state index contributed by atoms with van der Waals surface area (Å²) in [6.07, 6.45) is 3.27. The zero-order valence-corrected chi connectivity index (χ0v) is 18.7. The molecule has 5 aromatic rings. The highest BCUT2D eigenvalue weighted by molar-refractivity contribution is 6.02. The Labute approximate surface area is 201 Å². The molecule has 0 spiro atoms. The Morgan fingerprint density at radius 1 is 0.829 bits per heavy atom. The van der Waals surface area contributed by atoms with Crippen molar-refractivity contribution < 1.29 is 14.3 Å². The van der Waals surface area contributed by atoms with Crippen LogP contribution in [-0.2, 0) is 17.9 Å². The molecule has 0 amide bonds. The molecule has 0 radical (unpaired) electrons. The normalized spacial score (nSPS) is 10.7. The smallest absolute Gasteiger partial charge is 0.359 e. The molecule has 3 aromatic carbocycles. The molecule has 2 aromatic heterocycles. The first-order chi connectivity index (χ1) is 17.2. The molecule has 0 fully saturated rings. The quantitative estimate of drug-likeness (QED) is 0.316. The van der Waals surface area contributed by atoms with Crippen LogP contribution in [0.2, 0.25) is 0 Å². The number of aromatic nitrogens is 3. The van der Waals surface area contributed by atoms with E-state index in [9.17, 15) is 9.59 Å². The molecular weight excluding hydrogens is 442 g/mol. The van der Waals surface area contributed by atoms with Crippen LogP contribution >= 0.6 is 0 Å². The van der Waals surface area contributed by atoms with Gasteiger partial charge in [-0.2, -0.15) is 5.10 Å². The zero-order chi connectivity index (χ0) is 24.0. The first kappa shape index (κ1) is 22.0. The third-order valence-electron chi connectivity index (χ3n) is 5.43. The van der Waals surface area contributed by atoms with Gasteiger partial charge in [-0.1, -0.05) is 66.7 Å². The van der Waals surface area contributed by atoms with Crippen LogP contribution in [0.15, 0.2) is 108 Å². The van der Waals surface area contributed by atoms with Gasteiger partial charge >= 0.3 is 5.97 Å². The van der Waals surface area contributed by atoms with Crippen LogP contribution < -0.4 is 10.3 Å². The molecule has 0 atom stereocenters. The number of carbonyl (C=O) groups is 1. The Morgan fingerprint density at radius 3 is 2.37 bits per heavy atom. The molecule has 0 aliphatic carbocycles. The number of ether oxygens (including phenoxy) is 2. The van der Waals surface area contributed by atoms with Crippen LogP contribution in [0, 0.1) is 0 Å². The molecule has 0 aliphatic rings. The lowest BCUT2D eigenvalue weighted by Crippen LogP contribution is -2.27. The SMILES string of the molecule is O=C(OCc1ccccc1Oc1cccnc1)c1nn(Cc2ccccc2)c(=O)c2ccccc12. The summed E-state index contributed by atoms with van der Waals surface area (Å²) in [6.45, 7) is 0.218. The minimum Gasteiger partial charge on any atom is -0.456 e. The Bertz CT molecular complexity index is 1530. The summed E-state index contributed by atoms with van der Waals surface area (Å²) in [5.41, 5.74) is 1.41. The van der Waals surface area contributed by atoms with E-state index in [0.29, 0.717) is 27.8 Å². The van der Waals surface area contributed by atoms with Gasteiger partial charge in [-0.05, 0) is 29.8 Å². The lowest BCUT2D eigenvalue weighted by Gasteiger charge is -2.13. The molecule has 7 heteroatoms.